The van der Waals surface area contributed by atoms with Crippen molar-refractivity contribution in [1.82, 2.24) is 5.32 Å². The fraction of sp³-hybridized carbons (Fsp3) is 0.480. The van der Waals surface area contributed by atoms with Crippen molar-refractivity contribution < 1.29 is 14.3 Å². The van der Waals surface area contributed by atoms with Crippen LogP contribution in [0.2, 0.25) is 0 Å². The van der Waals surface area contributed by atoms with Crippen LogP contribution in [0.5, 0.6) is 11.5 Å². The maximum Gasteiger partial charge on any atom is 0.261 e. The van der Waals surface area contributed by atoms with Gasteiger partial charge in [0.15, 0.2) is 6.10 Å². The molecule has 0 spiro atoms. The average molecular weight is 396 g/mol. The van der Waals surface area contributed by atoms with Crippen LogP contribution in [0.1, 0.15) is 62.8 Å². The number of aryl methyl sites for hydroxylation is 1. The van der Waals surface area contributed by atoms with Crippen molar-refractivity contribution in [3.05, 3.63) is 59.2 Å². The van der Waals surface area contributed by atoms with Crippen LogP contribution < -0.4 is 14.8 Å². The van der Waals surface area contributed by atoms with Gasteiger partial charge in [0.25, 0.3) is 5.91 Å². The van der Waals surface area contributed by atoms with E-state index in [1.807, 2.05) is 43.3 Å². The molecule has 0 saturated heterocycles. The molecule has 3 rings (SSSR count). The first-order valence-electron chi connectivity index (χ1n) is 10.7. The number of nitrogens with one attached hydrogen (secondary N) is 1. The molecule has 4 heteroatoms. The van der Waals surface area contributed by atoms with Gasteiger partial charge in [-0.25, -0.2) is 0 Å². The Bertz CT molecular complexity index is 813. The van der Waals surface area contributed by atoms with Gasteiger partial charge in [-0.1, -0.05) is 38.1 Å². The summed E-state index contributed by atoms with van der Waals surface area (Å²) >= 11 is 0. The molecule has 0 heterocycles. The summed E-state index contributed by atoms with van der Waals surface area (Å²) in [5.74, 6) is 2.04. The van der Waals surface area contributed by atoms with E-state index in [4.69, 9.17) is 9.47 Å². The fourth-order valence-corrected chi connectivity index (χ4v) is 3.98. The summed E-state index contributed by atoms with van der Waals surface area (Å²) in [5.41, 5.74) is 3.71. The number of amides is 1. The van der Waals surface area contributed by atoms with Crippen molar-refractivity contribution in [1.29, 1.82) is 0 Å². The minimum absolute atomic E-state index is 0.0517. The molecule has 1 aliphatic rings. The predicted octanol–water partition coefficient (Wildman–Crippen LogP) is 5.24. The second-order valence-electron chi connectivity index (χ2n) is 8.32. The Morgan fingerprint density at radius 3 is 2.45 bits per heavy atom. The van der Waals surface area contributed by atoms with Crippen LogP contribution in [0.15, 0.2) is 42.5 Å². The Kier molecular flexibility index (Phi) is 7.18. The monoisotopic (exact) mass is 395 g/mol. The van der Waals surface area contributed by atoms with Gasteiger partial charge in [0.05, 0.1) is 13.2 Å². The zero-order valence-corrected chi connectivity index (χ0v) is 18.0. The molecule has 0 bridgehead atoms. The summed E-state index contributed by atoms with van der Waals surface area (Å²) in [7, 11) is 1.66. The van der Waals surface area contributed by atoms with E-state index in [9.17, 15) is 4.79 Å². The molecule has 1 aliphatic carbocycles. The molecule has 0 radical (unpaired) electrons. The van der Waals surface area contributed by atoms with E-state index in [-0.39, 0.29) is 11.9 Å². The van der Waals surface area contributed by atoms with E-state index >= 15 is 0 Å². The number of methoxy groups -OCH3 is 1. The topological polar surface area (TPSA) is 47.6 Å². The lowest BCUT2D eigenvalue weighted by atomic mass is 9.91. The smallest absolute Gasteiger partial charge is 0.261 e. The second kappa shape index (κ2) is 9.82. The van der Waals surface area contributed by atoms with Crippen LogP contribution in [0, 0.1) is 5.92 Å². The Morgan fingerprint density at radius 1 is 1.03 bits per heavy atom. The molecule has 2 atom stereocenters. The Balaban J connectivity index is 1.70. The van der Waals surface area contributed by atoms with Gasteiger partial charge in [0.2, 0.25) is 0 Å². The molecule has 1 N–H and O–H groups in total. The van der Waals surface area contributed by atoms with E-state index in [2.05, 4.69) is 25.2 Å². The molecule has 0 fully saturated rings. The van der Waals surface area contributed by atoms with Crippen LogP contribution in [-0.2, 0) is 17.6 Å². The number of hydrogen-bond donors (Lipinski definition) is 1. The number of benzene rings is 2. The minimum atomic E-state index is -0.545. The lowest BCUT2D eigenvalue weighted by molar-refractivity contribution is -0.128. The standard InChI is InChI=1S/C25H33NO3/c1-17(2)16-23(20-12-14-21(28-4)15-13-20)26-25(27)18(3)29-24-11-7-9-19-8-5-6-10-22(19)24/h7,9,11-15,17-18,23H,5-6,8,10,16H2,1-4H3,(H,26,27)/t18-,23+/m0/s1. The first-order valence-corrected chi connectivity index (χ1v) is 10.7. The molecule has 29 heavy (non-hydrogen) atoms. The molecule has 4 nitrogen and oxygen atoms in total. The number of hydrogen-bond acceptors (Lipinski definition) is 3. The predicted molar refractivity (Wildman–Crippen MR) is 117 cm³/mol. The number of carbonyl (C=O) groups is 1. The van der Waals surface area contributed by atoms with Crippen molar-refractivity contribution >= 4 is 5.91 Å². The largest absolute Gasteiger partial charge is 0.497 e. The van der Waals surface area contributed by atoms with Crippen LogP contribution in [0.4, 0.5) is 0 Å². The first kappa shape index (κ1) is 21.2. The first-order chi connectivity index (χ1) is 14.0. The van der Waals surface area contributed by atoms with E-state index in [1.54, 1.807) is 7.11 Å². The molecule has 2 aromatic rings. The number of rotatable bonds is 8. The molecular weight excluding hydrogens is 362 g/mol. The summed E-state index contributed by atoms with van der Waals surface area (Å²) in [5, 5.41) is 3.20. The highest BCUT2D eigenvalue weighted by Crippen LogP contribution is 2.30. The maximum absolute atomic E-state index is 12.9. The molecule has 1 amide bonds. The van der Waals surface area contributed by atoms with Crippen molar-refractivity contribution in [3.8, 4) is 11.5 Å². The lowest BCUT2D eigenvalue weighted by Crippen LogP contribution is -2.39. The highest BCUT2D eigenvalue weighted by Gasteiger charge is 2.23. The molecule has 0 saturated carbocycles. The summed E-state index contributed by atoms with van der Waals surface area (Å²) in [6.07, 6.45) is 4.86. The zero-order chi connectivity index (χ0) is 20.8. The van der Waals surface area contributed by atoms with Crippen LogP contribution in [0.25, 0.3) is 0 Å². The third-order valence-electron chi connectivity index (χ3n) is 5.57. The van der Waals surface area contributed by atoms with Crippen LogP contribution >= 0.6 is 0 Å². The van der Waals surface area contributed by atoms with E-state index < -0.39 is 6.10 Å². The number of carbonyl (C=O) groups excluding carboxylic acids is 1. The van der Waals surface area contributed by atoms with E-state index in [0.29, 0.717) is 5.92 Å². The molecule has 0 unspecified atom stereocenters. The van der Waals surface area contributed by atoms with Gasteiger partial charge >= 0.3 is 0 Å². The van der Waals surface area contributed by atoms with Gasteiger partial charge in [-0.15, -0.1) is 0 Å². The molecule has 0 aromatic heterocycles. The summed E-state index contributed by atoms with van der Waals surface area (Å²) in [4.78, 5) is 12.9. The molecular formula is C25H33NO3. The van der Waals surface area contributed by atoms with Gasteiger partial charge in [0, 0.05) is 0 Å². The lowest BCUT2D eigenvalue weighted by Gasteiger charge is -2.25. The Labute approximate surface area is 174 Å². The van der Waals surface area contributed by atoms with Gasteiger partial charge in [-0.3, -0.25) is 4.79 Å². The number of fused-ring (bicyclic) bond motifs is 1. The number of ether oxygens (including phenoxy) is 2. The summed E-state index contributed by atoms with van der Waals surface area (Å²) in [6.45, 7) is 6.16. The normalized spacial score (nSPS) is 15.3. The van der Waals surface area contributed by atoms with Crippen molar-refractivity contribution in [2.24, 2.45) is 5.92 Å². The fourth-order valence-electron chi connectivity index (χ4n) is 3.98. The van der Waals surface area contributed by atoms with Crippen molar-refractivity contribution in [2.75, 3.05) is 7.11 Å². The second-order valence-corrected chi connectivity index (χ2v) is 8.32. The third-order valence-corrected chi connectivity index (χ3v) is 5.57. The Morgan fingerprint density at radius 2 is 1.76 bits per heavy atom. The molecule has 156 valence electrons. The molecule has 0 aliphatic heterocycles. The van der Waals surface area contributed by atoms with E-state index in [0.717, 1.165) is 36.3 Å². The highest BCUT2D eigenvalue weighted by molar-refractivity contribution is 5.81. The van der Waals surface area contributed by atoms with Crippen LogP contribution in [0.3, 0.4) is 0 Å². The highest BCUT2D eigenvalue weighted by atomic mass is 16.5. The van der Waals surface area contributed by atoms with Crippen LogP contribution in [-0.4, -0.2) is 19.1 Å². The van der Waals surface area contributed by atoms with Gasteiger partial charge < -0.3 is 14.8 Å². The summed E-state index contributed by atoms with van der Waals surface area (Å²) in [6, 6.07) is 14.1. The van der Waals surface area contributed by atoms with Gasteiger partial charge in [-0.2, -0.15) is 0 Å². The third kappa shape index (κ3) is 5.53. The maximum atomic E-state index is 12.9. The average Bonchev–Trinajstić information content (AvgIpc) is 2.73. The van der Waals surface area contributed by atoms with Gasteiger partial charge in [0.1, 0.15) is 11.5 Å². The zero-order valence-electron chi connectivity index (χ0n) is 18.0. The Hall–Kier alpha value is -2.49. The van der Waals surface area contributed by atoms with Crippen molar-refractivity contribution in [2.45, 2.75) is 65.0 Å². The van der Waals surface area contributed by atoms with Gasteiger partial charge in [-0.05, 0) is 79.8 Å². The minimum Gasteiger partial charge on any atom is -0.497 e. The quantitative estimate of drug-likeness (QED) is 0.664. The molecule has 2 aromatic carbocycles. The van der Waals surface area contributed by atoms with Crippen molar-refractivity contribution in [3.63, 3.8) is 0 Å². The van der Waals surface area contributed by atoms with E-state index in [1.165, 1.54) is 24.0 Å². The summed E-state index contributed by atoms with van der Waals surface area (Å²) < 4.78 is 11.4. The SMILES string of the molecule is COc1ccc([C@@H](CC(C)C)NC(=O)[C@H](C)Oc2cccc3c2CCCC3)cc1.